The van der Waals surface area contributed by atoms with E-state index in [0.717, 1.165) is 5.56 Å². The van der Waals surface area contributed by atoms with Crippen molar-refractivity contribution in [1.82, 2.24) is 4.90 Å². The van der Waals surface area contributed by atoms with Gasteiger partial charge in [-0.2, -0.15) is 0 Å². The smallest absolute Gasteiger partial charge is 0.227 e. The highest BCUT2D eigenvalue weighted by molar-refractivity contribution is 7.12. The summed E-state index contributed by atoms with van der Waals surface area (Å²) >= 11 is 1.36. The Labute approximate surface area is 122 Å². The highest BCUT2D eigenvalue weighted by atomic mass is 32.1. The molecule has 1 fully saturated rings. The number of aliphatic hydroxyl groups excluding tert-OH is 1. The Morgan fingerprint density at radius 1 is 1.50 bits per heavy atom. The van der Waals surface area contributed by atoms with E-state index in [-0.39, 0.29) is 24.2 Å². The van der Waals surface area contributed by atoms with Gasteiger partial charge in [0.05, 0.1) is 17.4 Å². The van der Waals surface area contributed by atoms with Crippen LogP contribution in [0, 0.1) is 0 Å². The van der Waals surface area contributed by atoms with Gasteiger partial charge in [-0.05, 0) is 30.9 Å². The van der Waals surface area contributed by atoms with Gasteiger partial charge in [0.2, 0.25) is 5.91 Å². The fraction of sp³-hybridized carbons (Fsp3) is 0.571. The lowest BCUT2D eigenvalue weighted by atomic mass is 10.2. The van der Waals surface area contributed by atoms with Crippen LogP contribution in [0.2, 0.25) is 0 Å². The van der Waals surface area contributed by atoms with Gasteiger partial charge in [0, 0.05) is 19.7 Å². The number of ketones is 1. The summed E-state index contributed by atoms with van der Waals surface area (Å²) in [6.45, 7) is 4.65. The van der Waals surface area contributed by atoms with Crippen molar-refractivity contribution in [3.8, 4) is 0 Å². The van der Waals surface area contributed by atoms with E-state index >= 15 is 0 Å². The maximum Gasteiger partial charge on any atom is 0.227 e. The second kappa shape index (κ2) is 6.47. The molecule has 0 radical (unpaired) electrons. The van der Waals surface area contributed by atoms with Crippen molar-refractivity contribution in [2.45, 2.75) is 32.5 Å². The number of thiophene rings is 1. The quantitative estimate of drug-likeness (QED) is 0.827. The Morgan fingerprint density at radius 2 is 2.25 bits per heavy atom. The fourth-order valence-electron chi connectivity index (χ4n) is 2.28. The van der Waals surface area contributed by atoms with Gasteiger partial charge < -0.3 is 14.7 Å². The van der Waals surface area contributed by atoms with Gasteiger partial charge in [0.25, 0.3) is 0 Å². The molecule has 0 aromatic carbocycles. The number of carbonyl (C=O) groups excluding carboxylic acids is 2. The molecule has 2 atom stereocenters. The second-order valence-corrected chi connectivity index (χ2v) is 5.82. The number of amides is 1. The number of β-amino-alcohol motifs (C(OH)–C–C–N with tert-alkyl or cyclic N) is 1. The van der Waals surface area contributed by atoms with Crippen LogP contribution < -0.4 is 0 Å². The molecule has 2 heterocycles. The molecule has 2 rings (SSSR count). The molecule has 110 valence electrons. The largest absolute Gasteiger partial charge is 0.388 e. The SMILES string of the molecule is CCOC1CN(C(=O)Cc2csc(C(C)=O)c2)CC1O. The third-order valence-corrected chi connectivity index (χ3v) is 4.41. The second-order valence-electron chi connectivity index (χ2n) is 4.91. The van der Waals surface area contributed by atoms with Gasteiger partial charge in [0.15, 0.2) is 5.78 Å². The molecule has 0 saturated carbocycles. The first-order chi connectivity index (χ1) is 9.51. The predicted octanol–water partition coefficient (Wildman–Crippen LogP) is 1.10. The van der Waals surface area contributed by atoms with Gasteiger partial charge in [-0.25, -0.2) is 0 Å². The first kappa shape index (κ1) is 15.2. The molecule has 2 unspecified atom stereocenters. The molecule has 1 aliphatic heterocycles. The number of ether oxygens (including phenoxy) is 1. The average molecular weight is 297 g/mol. The summed E-state index contributed by atoms with van der Waals surface area (Å²) in [6, 6.07) is 1.76. The van der Waals surface area contributed by atoms with Crippen LogP contribution in [0.25, 0.3) is 0 Å². The molecule has 1 N–H and O–H groups in total. The summed E-state index contributed by atoms with van der Waals surface area (Å²) in [7, 11) is 0. The zero-order valence-electron chi connectivity index (χ0n) is 11.7. The van der Waals surface area contributed by atoms with Crippen LogP contribution in [-0.4, -0.2) is 53.6 Å². The number of hydrogen-bond donors (Lipinski definition) is 1. The lowest BCUT2D eigenvalue weighted by molar-refractivity contribution is -0.130. The molecule has 0 aliphatic carbocycles. The molecular weight excluding hydrogens is 278 g/mol. The Bertz CT molecular complexity index is 499. The van der Waals surface area contributed by atoms with Crippen LogP contribution in [0.3, 0.4) is 0 Å². The van der Waals surface area contributed by atoms with E-state index in [9.17, 15) is 14.7 Å². The Morgan fingerprint density at radius 3 is 2.85 bits per heavy atom. The minimum Gasteiger partial charge on any atom is -0.388 e. The van der Waals surface area contributed by atoms with Crippen LogP contribution >= 0.6 is 11.3 Å². The molecule has 0 bridgehead atoms. The first-order valence-electron chi connectivity index (χ1n) is 6.67. The van der Waals surface area contributed by atoms with Gasteiger partial charge >= 0.3 is 0 Å². The van der Waals surface area contributed by atoms with Crippen LogP contribution in [0.15, 0.2) is 11.4 Å². The summed E-state index contributed by atoms with van der Waals surface area (Å²) in [5.41, 5.74) is 0.847. The van der Waals surface area contributed by atoms with E-state index in [4.69, 9.17) is 4.74 Å². The topological polar surface area (TPSA) is 66.8 Å². The van der Waals surface area contributed by atoms with Crippen molar-refractivity contribution < 1.29 is 19.4 Å². The van der Waals surface area contributed by atoms with E-state index in [2.05, 4.69) is 0 Å². The molecule has 1 aliphatic rings. The minimum absolute atomic E-state index is 0.0155. The first-order valence-corrected chi connectivity index (χ1v) is 7.55. The predicted molar refractivity (Wildman–Crippen MR) is 76.0 cm³/mol. The van der Waals surface area contributed by atoms with Gasteiger partial charge in [-0.1, -0.05) is 0 Å². The van der Waals surface area contributed by atoms with Crippen molar-refractivity contribution in [3.05, 3.63) is 21.9 Å². The van der Waals surface area contributed by atoms with Gasteiger partial charge in [-0.15, -0.1) is 11.3 Å². The molecular formula is C14H19NO4S. The maximum absolute atomic E-state index is 12.2. The molecule has 1 aromatic heterocycles. The molecule has 1 aromatic rings. The zero-order valence-corrected chi connectivity index (χ0v) is 12.5. The Hall–Kier alpha value is -1.24. The molecule has 0 spiro atoms. The van der Waals surface area contributed by atoms with E-state index in [1.165, 1.54) is 18.3 Å². The van der Waals surface area contributed by atoms with Crippen LogP contribution in [0.5, 0.6) is 0 Å². The van der Waals surface area contributed by atoms with E-state index < -0.39 is 6.10 Å². The van der Waals surface area contributed by atoms with Crippen LogP contribution in [0.4, 0.5) is 0 Å². The van der Waals surface area contributed by atoms with Crippen LogP contribution in [-0.2, 0) is 16.0 Å². The summed E-state index contributed by atoms with van der Waals surface area (Å²) in [5.74, 6) is -0.0270. The lowest BCUT2D eigenvalue weighted by Crippen LogP contribution is -2.31. The minimum atomic E-state index is -0.617. The maximum atomic E-state index is 12.2. The van der Waals surface area contributed by atoms with Crippen molar-refractivity contribution in [3.63, 3.8) is 0 Å². The van der Waals surface area contributed by atoms with Crippen LogP contribution in [0.1, 0.15) is 29.1 Å². The number of rotatable bonds is 5. The number of hydrogen-bond acceptors (Lipinski definition) is 5. The van der Waals surface area contributed by atoms with Crippen molar-refractivity contribution in [2.24, 2.45) is 0 Å². The van der Waals surface area contributed by atoms with E-state index in [1.54, 1.807) is 11.0 Å². The highest BCUT2D eigenvalue weighted by Crippen LogP contribution is 2.19. The molecule has 20 heavy (non-hydrogen) atoms. The summed E-state index contributed by atoms with van der Waals surface area (Å²) in [4.78, 5) is 25.7. The number of aliphatic hydroxyl groups is 1. The monoisotopic (exact) mass is 297 g/mol. The fourth-order valence-corrected chi connectivity index (χ4v) is 3.09. The Balaban J connectivity index is 1.93. The lowest BCUT2D eigenvalue weighted by Gasteiger charge is -2.15. The summed E-state index contributed by atoms with van der Waals surface area (Å²) < 4.78 is 5.39. The zero-order chi connectivity index (χ0) is 14.7. The molecule has 5 nitrogen and oxygen atoms in total. The summed E-state index contributed by atoms with van der Waals surface area (Å²) in [5, 5.41) is 11.7. The Kier molecular flexibility index (Phi) is 4.91. The number of carbonyl (C=O) groups is 2. The van der Waals surface area contributed by atoms with E-state index in [0.29, 0.717) is 24.6 Å². The third-order valence-electron chi connectivity index (χ3n) is 3.33. The summed E-state index contributed by atoms with van der Waals surface area (Å²) in [6.07, 6.45) is -0.650. The standard InChI is InChI=1S/C14H19NO4S/c1-3-19-12-7-15(6-11(12)17)14(18)5-10-4-13(9(2)16)20-8-10/h4,8,11-12,17H,3,5-7H2,1-2H3. The normalized spacial score (nSPS) is 22.2. The van der Waals surface area contributed by atoms with Crippen molar-refractivity contribution >= 4 is 23.0 Å². The number of Topliss-reactive ketones (excluding diaryl/α,β-unsaturated/α-hetero) is 1. The molecule has 1 saturated heterocycles. The molecule has 1 amide bonds. The van der Waals surface area contributed by atoms with Gasteiger partial charge in [0.1, 0.15) is 6.10 Å². The van der Waals surface area contributed by atoms with Crippen molar-refractivity contribution in [2.75, 3.05) is 19.7 Å². The number of nitrogens with zero attached hydrogens (tertiary/aromatic N) is 1. The third kappa shape index (κ3) is 3.45. The average Bonchev–Trinajstić information content (AvgIpc) is 2.98. The van der Waals surface area contributed by atoms with Gasteiger partial charge in [-0.3, -0.25) is 9.59 Å². The highest BCUT2D eigenvalue weighted by Gasteiger charge is 2.34. The number of likely N-dealkylation sites (tertiary alicyclic amines) is 1. The van der Waals surface area contributed by atoms with E-state index in [1.807, 2.05) is 12.3 Å². The van der Waals surface area contributed by atoms with Crippen molar-refractivity contribution in [1.29, 1.82) is 0 Å². The molecule has 6 heteroatoms.